The summed E-state index contributed by atoms with van der Waals surface area (Å²) in [6, 6.07) is 0.676. The summed E-state index contributed by atoms with van der Waals surface area (Å²) in [6.07, 6.45) is 11.6. The van der Waals surface area contributed by atoms with Crippen LogP contribution in [-0.2, 0) is 4.79 Å². The number of hydrogen-bond acceptors (Lipinski definition) is 2. The van der Waals surface area contributed by atoms with Gasteiger partial charge in [0.2, 0.25) is 0 Å². The van der Waals surface area contributed by atoms with Crippen molar-refractivity contribution in [3.63, 3.8) is 0 Å². The number of rotatable bonds is 1. The molecule has 140 valence electrons. The van der Waals surface area contributed by atoms with Crippen LogP contribution in [0, 0.1) is 38.9 Å². The molecule has 0 aliphatic heterocycles. The number of carbonyl (C=O) groups is 1. The van der Waals surface area contributed by atoms with E-state index in [9.17, 15) is 4.79 Å². The zero-order valence-electron chi connectivity index (χ0n) is 17.0. The van der Waals surface area contributed by atoms with E-state index in [0.29, 0.717) is 28.1 Å². The Labute approximate surface area is 153 Å². The smallest absolute Gasteiger partial charge is 0.139 e. The summed E-state index contributed by atoms with van der Waals surface area (Å²) in [6.45, 7) is 9.93. The van der Waals surface area contributed by atoms with Gasteiger partial charge in [0.1, 0.15) is 5.78 Å². The lowest BCUT2D eigenvalue weighted by atomic mass is 9.42. The molecule has 5 rings (SSSR count). The Morgan fingerprint density at radius 1 is 0.880 bits per heavy atom. The second-order valence-electron chi connectivity index (χ2n) is 11.5. The molecule has 7 unspecified atom stereocenters. The van der Waals surface area contributed by atoms with Crippen LogP contribution in [0.3, 0.4) is 0 Å². The van der Waals surface area contributed by atoms with Gasteiger partial charge in [-0.15, -0.1) is 0 Å². The summed E-state index contributed by atoms with van der Waals surface area (Å²) in [5.74, 6) is 2.27. The molecule has 25 heavy (non-hydrogen) atoms. The molecule has 5 aliphatic rings. The first kappa shape index (κ1) is 16.8. The van der Waals surface area contributed by atoms with Gasteiger partial charge >= 0.3 is 0 Å². The van der Waals surface area contributed by atoms with Crippen LogP contribution < -0.4 is 5.32 Å². The Kier molecular flexibility index (Phi) is 3.05. The Morgan fingerprint density at radius 2 is 1.56 bits per heavy atom. The number of ketones is 1. The van der Waals surface area contributed by atoms with Gasteiger partial charge in [0.05, 0.1) is 0 Å². The predicted octanol–water partition coefficient (Wildman–Crippen LogP) is 4.97. The minimum atomic E-state index is -0.0166. The first-order valence-corrected chi connectivity index (χ1v) is 10.9. The van der Waals surface area contributed by atoms with Crippen molar-refractivity contribution >= 4 is 5.78 Å². The van der Waals surface area contributed by atoms with Gasteiger partial charge in [0, 0.05) is 17.9 Å². The lowest BCUT2D eigenvalue weighted by Crippen LogP contribution is -2.59. The van der Waals surface area contributed by atoms with Crippen molar-refractivity contribution in [2.24, 2.45) is 38.9 Å². The van der Waals surface area contributed by atoms with Gasteiger partial charge in [0.15, 0.2) is 0 Å². The van der Waals surface area contributed by atoms with E-state index >= 15 is 0 Å². The van der Waals surface area contributed by atoms with Gasteiger partial charge in [-0.1, -0.05) is 27.7 Å². The van der Waals surface area contributed by atoms with E-state index in [1.165, 1.54) is 44.9 Å². The fourth-order valence-electron chi connectivity index (χ4n) is 9.61. The molecule has 0 aromatic carbocycles. The molecule has 0 amide bonds. The molecule has 2 spiro atoms. The third-order valence-electron chi connectivity index (χ3n) is 11.2. The summed E-state index contributed by atoms with van der Waals surface area (Å²) in [5, 5.41) is 3.64. The molecule has 0 aromatic rings. The van der Waals surface area contributed by atoms with Crippen LogP contribution in [0.25, 0.3) is 0 Å². The fraction of sp³-hybridized carbons (Fsp3) is 0.957. The molecule has 5 aliphatic carbocycles. The Hall–Kier alpha value is -0.370. The van der Waals surface area contributed by atoms with E-state index in [1.807, 2.05) is 0 Å². The van der Waals surface area contributed by atoms with E-state index in [0.717, 1.165) is 24.7 Å². The van der Waals surface area contributed by atoms with Crippen molar-refractivity contribution < 1.29 is 4.79 Å². The summed E-state index contributed by atoms with van der Waals surface area (Å²) in [5.41, 5.74) is 1.88. The zero-order chi connectivity index (χ0) is 17.9. The highest BCUT2D eigenvalue weighted by Gasteiger charge is 2.82. The topological polar surface area (TPSA) is 29.1 Å². The highest BCUT2D eigenvalue weighted by atomic mass is 16.1. The number of nitrogens with one attached hydrogen (secondary N) is 1. The molecule has 0 radical (unpaired) electrons. The molecular formula is C23H37NO. The average molecular weight is 344 g/mol. The Morgan fingerprint density at radius 3 is 2.28 bits per heavy atom. The van der Waals surface area contributed by atoms with Gasteiger partial charge in [-0.05, 0) is 91.9 Å². The highest BCUT2D eigenvalue weighted by molar-refractivity contribution is 5.88. The predicted molar refractivity (Wildman–Crippen MR) is 101 cm³/mol. The van der Waals surface area contributed by atoms with Crippen LogP contribution in [0.1, 0.15) is 85.5 Å². The maximum absolute atomic E-state index is 12.8. The van der Waals surface area contributed by atoms with Crippen LogP contribution in [0.2, 0.25) is 0 Å². The summed E-state index contributed by atoms with van der Waals surface area (Å²) in [7, 11) is 2.16. The third kappa shape index (κ3) is 1.58. The van der Waals surface area contributed by atoms with Crippen LogP contribution in [-0.4, -0.2) is 18.9 Å². The number of carbonyl (C=O) groups excluding carboxylic acids is 1. The van der Waals surface area contributed by atoms with Crippen LogP contribution in [0.15, 0.2) is 0 Å². The van der Waals surface area contributed by atoms with Crippen molar-refractivity contribution in [2.45, 2.75) is 91.5 Å². The summed E-state index contributed by atoms with van der Waals surface area (Å²) < 4.78 is 0. The monoisotopic (exact) mass is 343 g/mol. The molecule has 2 nitrogen and oxygen atoms in total. The second-order valence-corrected chi connectivity index (χ2v) is 11.5. The highest BCUT2D eigenvalue weighted by Crippen LogP contribution is 2.88. The SMILES string of the molecule is CNC1CCC23CC24CCC2(C)C(=O)CCC2(C)C4CCC3C1(C)C. The number of fused-ring (bicyclic) bond motifs is 2. The van der Waals surface area contributed by atoms with E-state index in [2.05, 4.69) is 40.1 Å². The third-order valence-corrected chi connectivity index (χ3v) is 11.2. The first-order chi connectivity index (χ1) is 11.7. The first-order valence-electron chi connectivity index (χ1n) is 10.9. The molecular weight excluding hydrogens is 306 g/mol. The minimum absolute atomic E-state index is 0.0166. The molecule has 5 fully saturated rings. The van der Waals surface area contributed by atoms with Crippen LogP contribution in [0.4, 0.5) is 0 Å². The van der Waals surface area contributed by atoms with Crippen molar-refractivity contribution in [3.8, 4) is 0 Å². The van der Waals surface area contributed by atoms with E-state index in [4.69, 9.17) is 0 Å². The quantitative estimate of drug-likeness (QED) is 0.728. The molecule has 1 N–H and O–H groups in total. The molecule has 7 atom stereocenters. The normalized spacial score (nSPS) is 58.8. The van der Waals surface area contributed by atoms with Crippen molar-refractivity contribution in [1.29, 1.82) is 0 Å². The Balaban J connectivity index is 1.55. The number of Topliss-reactive ketones (excluding diaryl/α,β-unsaturated/α-hetero) is 1. The fourth-order valence-corrected chi connectivity index (χ4v) is 9.61. The van der Waals surface area contributed by atoms with Gasteiger partial charge in [-0.25, -0.2) is 0 Å². The van der Waals surface area contributed by atoms with Crippen molar-refractivity contribution in [1.82, 2.24) is 5.32 Å². The second kappa shape index (κ2) is 4.54. The molecule has 5 saturated carbocycles. The average Bonchev–Trinajstić information content (AvgIpc) is 3.17. The maximum Gasteiger partial charge on any atom is 0.139 e. The van der Waals surface area contributed by atoms with Gasteiger partial charge in [-0.2, -0.15) is 0 Å². The lowest BCUT2D eigenvalue weighted by molar-refractivity contribution is -0.152. The van der Waals surface area contributed by atoms with Crippen molar-refractivity contribution in [2.75, 3.05) is 7.05 Å². The standard InChI is InChI=1S/C23H37NO/c1-19(2)15-6-7-16-20(3)10-9-18(25)21(20,4)12-13-23(16)14-22(15,23)11-8-17(19)24-5/h15-17,24H,6-14H2,1-5H3. The molecule has 0 aromatic heterocycles. The van der Waals surface area contributed by atoms with Crippen LogP contribution in [0.5, 0.6) is 0 Å². The summed E-state index contributed by atoms with van der Waals surface area (Å²) in [4.78, 5) is 12.8. The van der Waals surface area contributed by atoms with Gasteiger partial charge in [-0.3, -0.25) is 4.79 Å². The van der Waals surface area contributed by atoms with E-state index in [-0.39, 0.29) is 10.8 Å². The lowest BCUT2D eigenvalue weighted by Gasteiger charge is -2.62. The van der Waals surface area contributed by atoms with E-state index < -0.39 is 0 Å². The van der Waals surface area contributed by atoms with Gasteiger partial charge in [0.25, 0.3) is 0 Å². The molecule has 2 heteroatoms. The molecule has 0 bridgehead atoms. The largest absolute Gasteiger partial charge is 0.316 e. The molecule has 0 heterocycles. The molecule has 0 saturated heterocycles. The summed E-state index contributed by atoms with van der Waals surface area (Å²) >= 11 is 0. The van der Waals surface area contributed by atoms with Crippen molar-refractivity contribution in [3.05, 3.63) is 0 Å². The number of hydrogen-bond donors (Lipinski definition) is 1. The Bertz CT molecular complexity index is 640. The van der Waals surface area contributed by atoms with Crippen LogP contribution >= 0.6 is 0 Å². The van der Waals surface area contributed by atoms with E-state index in [1.54, 1.807) is 0 Å². The maximum atomic E-state index is 12.8. The zero-order valence-corrected chi connectivity index (χ0v) is 17.0. The van der Waals surface area contributed by atoms with Gasteiger partial charge < -0.3 is 5.32 Å². The minimum Gasteiger partial charge on any atom is -0.316 e.